The standard InChI is InChI=1S/C51H85N11O9/c1-13-15-28-54-40(14-2)58-42-41(36(3)53)59-45(65)62(42)35-37-23-25-38(26-24-37)43(63)57-39(22-16-17-27-52)44(64)55-29-20-33-60(47(67)70-50(7,8)9)31-18-19-32-61(48(68)71-51(10,11)12)34-21-30-56-46(66)69-49(4,5)6/h2,23-26,39-40,54H,13,15-22,27-35,52-53H2,1,3-12H3,(H,55,64)(H,56,66)(H,57,63)(H,59,65)/b41-36-,58-42+/t39-,40?/m0/s1. The summed E-state index contributed by atoms with van der Waals surface area (Å²) in [5.41, 5.74) is 11.5. The lowest BCUT2D eigenvalue weighted by Crippen LogP contribution is -2.47. The van der Waals surface area contributed by atoms with E-state index >= 15 is 0 Å². The predicted molar refractivity (Wildman–Crippen MR) is 277 cm³/mol. The number of rotatable bonds is 27. The molecule has 1 aliphatic heterocycles. The van der Waals surface area contributed by atoms with Gasteiger partial charge in [-0.1, -0.05) is 31.4 Å². The first-order valence-electron chi connectivity index (χ1n) is 24.9. The second kappa shape index (κ2) is 30.0. The molecule has 71 heavy (non-hydrogen) atoms. The van der Waals surface area contributed by atoms with Crippen LogP contribution in [0, 0.1) is 12.3 Å². The molecule has 0 bridgehead atoms. The smallest absolute Gasteiger partial charge is 0.410 e. The van der Waals surface area contributed by atoms with E-state index < -0.39 is 53.2 Å². The maximum absolute atomic E-state index is 13.6. The zero-order valence-corrected chi connectivity index (χ0v) is 44.4. The Labute approximate surface area is 422 Å². The number of nitrogens with zero attached hydrogens (tertiary/aromatic N) is 5. The molecule has 0 aliphatic carbocycles. The number of aliphatic imine (C=N–C) groups is 2. The Bertz CT molecular complexity index is 2010. The van der Waals surface area contributed by atoms with Gasteiger partial charge in [0.15, 0.2) is 12.0 Å². The van der Waals surface area contributed by atoms with Gasteiger partial charge < -0.3 is 56.5 Å². The second-order valence-electron chi connectivity index (χ2n) is 20.4. The van der Waals surface area contributed by atoms with Crippen LogP contribution in [0.1, 0.15) is 150 Å². The van der Waals surface area contributed by atoms with Crippen molar-refractivity contribution in [1.29, 1.82) is 0 Å². The number of benzene rings is 1. The lowest BCUT2D eigenvalue weighted by atomic mass is 10.1. The summed E-state index contributed by atoms with van der Waals surface area (Å²) >= 11 is 0. The Morgan fingerprint density at radius 1 is 0.789 bits per heavy atom. The Morgan fingerprint density at radius 2 is 1.32 bits per heavy atom. The average molecular weight is 996 g/mol. The quantitative estimate of drug-likeness (QED) is 0.0292. The summed E-state index contributed by atoms with van der Waals surface area (Å²) in [7, 11) is 0. The summed E-state index contributed by atoms with van der Waals surface area (Å²) in [6.45, 7) is 22.9. The van der Waals surface area contributed by atoms with Crippen molar-refractivity contribution in [2.45, 2.75) is 170 Å². The number of nitrogens with two attached hydrogens (primary N) is 2. The molecule has 20 nitrogen and oxygen atoms in total. The molecule has 0 spiro atoms. The van der Waals surface area contributed by atoms with Gasteiger partial charge in [-0.3, -0.25) is 19.8 Å². The third-order valence-corrected chi connectivity index (χ3v) is 10.3. The summed E-state index contributed by atoms with van der Waals surface area (Å²) in [6, 6.07) is 5.59. The highest BCUT2D eigenvalue weighted by Crippen LogP contribution is 2.22. The molecule has 0 radical (unpaired) electrons. The summed E-state index contributed by atoms with van der Waals surface area (Å²) in [5, 5.41) is 22.6. The number of carbonyl (C=O) groups excluding carboxylic acids is 5. The SMILES string of the molecule is C#CC(/N=C1\C(=C(/C)N)N=C(O)N1Cc1ccc(C(=O)N[C@@H](CCCCN)C(=O)NCCCN(CCCCN(CCCNC(=O)OC(C)(C)C)C(=O)OC(C)(C)C)C(=O)OC(C)(C)C)cc1)NCCCC. The lowest BCUT2D eigenvalue weighted by molar-refractivity contribution is -0.123. The molecule has 1 heterocycles. The van der Waals surface area contributed by atoms with Crippen LogP contribution < -0.4 is 32.7 Å². The zero-order chi connectivity index (χ0) is 53.4. The molecule has 398 valence electrons. The third-order valence-electron chi connectivity index (χ3n) is 10.3. The number of terminal acetylenes is 1. The maximum Gasteiger partial charge on any atom is 0.410 e. The zero-order valence-electron chi connectivity index (χ0n) is 44.4. The van der Waals surface area contributed by atoms with Gasteiger partial charge in [0.25, 0.3) is 11.9 Å². The van der Waals surface area contributed by atoms with Crippen LogP contribution in [-0.4, -0.2) is 143 Å². The van der Waals surface area contributed by atoms with E-state index in [2.05, 4.69) is 44.1 Å². The number of carbonyl (C=O) groups is 5. The molecule has 0 aromatic heterocycles. The number of amides is 5. The van der Waals surface area contributed by atoms with Crippen molar-refractivity contribution in [3.8, 4) is 12.3 Å². The number of unbranched alkanes of at least 4 members (excludes halogenated alkanes) is 3. The monoisotopic (exact) mass is 996 g/mol. The molecule has 2 rings (SSSR count). The van der Waals surface area contributed by atoms with Crippen molar-refractivity contribution in [1.82, 2.24) is 36.0 Å². The van der Waals surface area contributed by atoms with E-state index in [1.165, 1.54) is 4.90 Å². The maximum atomic E-state index is 13.6. The van der Waals surface area contributed by atoms with Gasteiger partial charge in [-0.05, 0) is 151 Å². The van der Waals surface area contributed by atoms with Gasteiger partial charge in [0.1, 0.15) is 28.5 Å². The number of alkyl carbamates (subject to hydrolysis) is 1. The van der Waals surface area contributed by atoms with Crippen LogP contribution in [0.4, 0.5) is 14.4 Å². The van der Waals surface area contributed by atoms with Gasteiger partial charge in [-0.25, -0.2) is 19.4 Å². The number of nitrogens with one attached hydrogen (secondary N) is 4. The molecule has 20 heteroatoms. The molecule has 0 fully saturated rings. The van der Waals surface area contributed by atoms with Crippen molar-refractivity contribution in [2.75, 3.05) is 52.4 Å². The minimum Gasteiger partial charge on any atom is -0.480 e. The van der Waals surface area contributed by atoms with Crippen molar-refractivity contribution in [2.24, 2.45) is 21.5 Å². The minimum absolute atomic E-state index is 0.152. The molecule has 5 amide bonds. The number of hydrogen-bond donors (Lipinski definition) is 7. The van der Waals surface area contributed by atoms with E-state index in [1.54, 1.807) is 103 Å². The summed E-state index contributed by atoms with van der Waals surface area (Å²) in [6.07, 6.45) is 9.05. The molecule has 1 aromatic rings. The van der Waals surface area contributed by atoms with E-state index in [-0.39, 0.29) is 31.6 Å². The molecule has 1 aliphatic rings. The number of hydrogen-bond acceptors (Lipinski definition) is 13. The largest absolute Gasteiger partial charge is 0.480 e. The van der Waals surface area contributed by atoms with Crippen LogP contribution in [0.25, 0.3) is 0 Å². The molecular formula is C51H85N11O9. The van der Waals surface area contributed by atoms with Crippen LogP contribution in [0.2, 0.25) is 0 Å². The number of amidine groups is 2. The summed E-state index contributed by atoms with van der Waals surface area (Å²) in [4.78, 5) is 79.4. The highest BCUT2D eigenvalue weighted by atomic mass is 16.6. The van der Waals surface area contributed by atoms with Crippen LogP contribution >= 0.6 is 0 Å². The fraction of sp³-hybridized carbons (Fsp3) is 0.667. The predicted octanol–water partition coefficient (Wildman–Crippen LogP) is 6.26. The molecule has 2 atom stereocenters. The summed E-state index contributed by atoms with van der Waals surface area (Å²) in [5.74, 6) is 2.12. The van der Waals surface area contributed by atoms with E-state index in [0.717, 1.165) is 18.4 Å². The van der Waals surface area contributed by atoms with Crippen LogP contribution in [0.5, 0.6) is 0 Å². The normalized spacial score (nSPS) is 14.9. The van der Waals surface area contributed by atoms with Gasteiger partial charge in [-0.15, -0.1) is 6.42 Å². The molecule has 0 saturated carbocycles. The Balaban J connectivity index is 2.08. The first kappa shape index (κ1) is 61.1. The number of allylic oxidation sites excluding steroid dienone is 1. The molecule has 0 saturated heterocycles. The summed E-state index contributed by atoms with van der Waals surface area (Å²) < 4.78 is 16.7. The fourth-order valence-corrected chi connectivity index (χ4v) is 6.83. The third kappa shape index (κ3) is 24.6. The highest BCUT2D eigenvalue weighted by Gasteiger charge is 2.31. The van der Waals surface area contributed by atoms with Crippen LogP contribution in [-0.2, 0) is 25.5 Å². The molecular weight excluding hydrogens is 911 g/mol. The van der Waals surface area contributed by atoms with E-state index in [9.17, 15) is 29.1 Å². The van der Waals surface area contributed by atoms with Crippen molar-refractivity contribution in [3.05, 3.63) is 46.8 Å². The Hall–Kier alpha value is -6.07. The number of aliphatic hydroxyl groups excluding tert-OH is 1. The van der Waals surface area contributed by atoms with Crippen molar-refractivity contribution in [3.63, 3.8) is 0 Å². The van der Waals surface area contributed by atoms with Crippen molar-refractivity contribution >= 4 is 42.0 Å². The van der Waals surface area contributed by atoms with E-state index in [0.29, 0.717) is 107 Å². The van der Waals surface area contributed by atoms with Gasteiger partial charge in [0.05, 0.1) is 6.54 Å². The Kier molecular flexibility index (Phi) is 25.8. The molecule has 1 unspecified atom stereocenters. The number of aliphatic hydroxyl groups is 1. The van der Waals surface area contributed by atoms with E-state index in [1.807, 2.05) is 0 Å². The average Bonchev–Trinajstić information content (AvgIpc) is 3.57. The first-order valence-corrected chi connectivity index (χ1v) is 24.9. The number of ether oxygens (including phenoxy) is 3. The van der Waals surface area contributed by atoms with Crippen LogP contribution in [0.3, 0.4) is 0 Å². The topological polar surface area (TPSA) is 268 Å². The van der Waals surface area contributed by atoms with Gasteiger partial charge in [0, 0.05) is 50.5 Å². The van der Waals surface area contributed by atoms with Gasteiger partial charge in [0.2, 0.25) is 5.91 Å². The van der Waals surface area contributed by atoms with Crippen molar-refractivity contribution < 1.29 is 43.3 Å². The first-order chi connectivity index (χ1) is 33.3. The lowest BCUT2D eigenvalue weighted by Gasteiger charge is -2.29. The van der Waals surface area contributed by atoms with E-state index in [4.69, 9.17) is 32.1 Å². The minimum atomic E-state index is -0.854. The second-order valence-corrected chi connectivity index (χ2v) is 20.4. The van der Waals surface area contributed by atoms with Gasteiger partial charge in [-0.2, -0.15) is 4.99 Å². The Morgan fingerprint density at radius 3 is 1.82 bits per heavy atom. The van der Waals surface area contributed by atoms with Crippen LogP contribution in [0.15, 0.2) is 45.6 Å². The molecule has 9 N–H and O–H groups in total. The fourth-order valence-electron chi connectivity index (χ4n) is 6.83. The molecule has 1 aromatic carbocycles. The van der Waals surface area contributed by atoms with Gasteiger partial charge >= 0.3 is 18.3 Å². The highest BCUT2D eigenvalue weighted by molar-refractivity contribution is 6.12.